The normalized spacial score (nSPS) is 30.8. The molecule has 9 atom stereocenters. The van der Waals surface area contributed by atoms with E-state index < -0.39 is 89.4 Å². The highest BCUT2D eigenvalue weighted by atomic mass is 32.2. The molecule has 0 aliphatic carbocycles. The van der Waals surface area contributed by atoms with Crippen LogP contribution in [-0.4, -0.2) is 109 Å². The summed E-state index contributed by atoms with van der Waals surface area (Å²) < 4.78 is 50.1. The lowest BCUT2D eigenvalue weighted by Crippen LogP contribution is -2.62. The lowest BCUT2D eigenvalue weighted by atomic mass is 9.99. The van der Waals surface area contributed by atoms with Crippen molar-refractivity contribution in [2.75, 3.05) is 19.8 Å². The van der Waals surface area contributed by atoms with Gasteiger partial charge in [0, 0.05) is 54.6 Å². The molecule has 0 aromatic heterocycles. The van der Waals surface area contributed by atoms with E-state index in [9.17, 15) is 28.8 Å². The molecule has 2 rings (SSSR count). The molecule has 0 aromatic rings. The van der Waals surface area contributed by atoms with Crippen LogP contribution in [0.15, 0.2) is 0 Å². The third-order valence-electron chi connectivity index (χ3n) is 5.85. The maximum Gasteiger partial charge on any atom is 0.303 e. The topological polar surface area (TPSA) is 185 Å². The van der Waals surface area contributed by atoms with E-state index in [-0.39, 0.29) is 26.2 Å². The molecule has 0 amide bonds. The summed E-state index contributed by atoms with van der Waals surface area (Å²) in [5.74, 6) is -4.05. The Morgan fingerprint density at radius 2 is 1.14 bits per heavy atom. The molecule has 0 aromatic carbocycles. The minimum Gasteiger partial charge on any atom is -0.463 e. The zero-order valence-corrected chi connectivity index (χ0v) is 25.4. The Bertz CT molecular complexity index is 987. The number of thioether (sulfide) groups is 1. The largest absolute Gasteiger partial charge is 0.463 e. The van der Waals surface area contributed by atoms with Crippen molar-refractivity contribution in [3.05, 3.63) is 0 Å². The van der Waals surface area contributed by atoms with Crippen molar-refractivity contribution in [3.8, 4) is 0 Å². The lowest BCUT2D eigenvalue weighted by Gasteiger charge is -2.46. The molecule has 0 saturated carbocycles. The zero-order chi connectivity index (χ0) is 31.6. The van der Waals surface area contributed by atoms with E-state index in [4.69, 9.17) is 42.6 Å². The first-order chi connectivity index (χ1) is 19.7. The van der Waals surface area contributed by atoms with Crippen LogP contribution >= 0.6 is 11.8 Å². The average molecular weight is 623 g/mol. The molecule has 2 aliphatic heterocycles. The number of ether oxygens (including phenoxy) is 9. The Labute approximate surface area is 247 Å². The molecule has 2 heterocycles. The van der Waals surface area contributed by atoms with Crippen LogP contribution in [0.2, 0.25) is 0 Å². The van der Waals surface area contributed by atoms with E-state index >= 15 is 0 Å². The third kappa shape index (κ3) is 11.0. The monoisotopic (exact) mass is 622 g/mol. The van der Waals surface area contributed by atoms with Crippen molar-refractivity contribution >= 4 is 47.6 Å². The zero-order valence-electron chi connectivity index (χ0n) is 24.6. The summed E-state index contributed by atoms with van der Waals surface area (Å²) in [6.07, 6.45) is -7.60. The molecule has 0 unspecified atom stereocenters. The molecular weight excluding hydrogens is 584 g/mol. The quantitative estimate of drug-likeness (QED) is 0.220. The van der Waals surface area contributed by atoms with Crippen molar-refractivity contribution < 1.29 is 71.4 Å². The molecule has 2 aliphatic rings. The molecule has 0 bridgehead atoms. The molecule has 42 heavy (non-hydrogen) atoms. The fourth-order valence-electron chi connectivity index (χ4n) is 4.42. The molecule has 2 fully saturated rings. The maximum atomic E-state index is 12.2. The van der Waals surface area contributed by atoms with Crippen molar-refractivity contribution in [1.29, 1.82) is 0 Å². The predicted molar refractivity (Wildman–Crippen MR) is 140 cm³/mol. The Balaban J connectivity index is 2.48. The number of hydrogen-bond acceptors (Lipinski definition) is 16. The average Bonchev–Trinajstić information content (AvgIpc) is 2.85. The van der Waals surface area contributed by atoms with Gasteiger partial charge in [-0.1, -0.05) is 0 Å². The molecule has 0 N–H and O–H groups in total. The highest BCUT2D eigenvalue weighted by Gasteiger charge is 2.54. The van der Waals surface area contributed by atoms with Gasteiger partial charge in [0.1, 0.15) is 37.0 Å². The minimum atomic E-state index is -1.35. The molecule has 2 saturated heterocycles. The van der Waals surface area contributed by atoms with Crippen LogP contribution in [-0.2, 0) is 71.4 Å². The summed E-state index contributed by atoms with van der Waals surface area (Å²) in [5, 5.41) is -0.636. The van der Waals surface area contributed by atoms with Gasteiger partial charge in [0.25, 0.3) is 0 Å². The van der Waals surface area contributed by atoms with E-state index in [1.807, 2.05) is 0 Å². The summed E-state index contributed by atoms with van der Waals surface area (Å²) in [7, 11) is 0. The summed E-state index contributed by atoms with van der Waals surface area (Å²) in [4.78, 5) is 71.1. The van der Waals surface area contributed by atoms with Gasteiger partial charge in [-0.2, -0.15) is 0 Å². The second kappa shape index (κ2) is 16.6. The standard InChI is InChI=1S/C26H38O15S/c1-8-33-25-21(9-18(36-14(4)29)19(40-25)10-34-12(2)27)42-26-24(39-17(7)32)23(38-16(6)31)22(37-15(5)30)20(41-26)11-35-13(3)28/h18-26H,8-11H2,1-7H3/t18-,19+,20+,21-,22+,23-,24-,25-,26+/m0/s1. The minimum absolute atomic E-state index is 0.133. The second-order valence-corrected chi connectivity index (χ2v) is 10.8. The number of rotatable bonds is 12. The summed E-state index contributed by atoms with van der Waals surface area (Å²) in [5.41, 5.74) is -1.11. The third-order valence-corrected chi connectivity index (χ3v) is 7.26. The Morgan fingerprint density at radius 1 is 0.643 bits per heavy atom. The van der Waals surface area contributed by atoms with Crippen LogP contribution in [0.3, 0.4) is 0 Å². The first-order valence-corrected chi connectivity index (χ1v) is 14.2. The molecule has 16 heteroatoms. The Kier molecular flexibility index (Phi) is 14.0. The van der Waals surface area contributed by atoms with Gasteiger partial charge in [0.2, 0.25) is 0 Å². The van der Waals surface area contributed by atoms with Gasteiger partial charge in [-0.3, -0.25) is 28.8 Å². The Hall–Kier alpha value is -2.95. The fourth-order valence-corrected chi connectivity index (χ4v) is 5.91. The van der Waals surface area contributed by atoms with Crippen molar-refractivity contribution in [3.63, 3.8) is 0 Å². The van der Waals surface area contributed by atoms with Gasteiger partial charge in [-0.05, 0) is 6.92 Å². The van der Waals surface area contributed by atoms with E-state index in [0.717, 1.165) is 32.5 Å². The fraction of sp³-hybridized carbons (Fsp3) is 0.769. The summed E-state index contributed by atoms with van der Waals surface area (Å²) in [6, 6.07) is 0. The second-order valence-electron chi connectivity index (χ2n) is 9.43. The van der Waals surface area contributed by atoms with Gasteiger partial charge >= 0.3 is 35.8 Å². The van der Waals surface area contributed by atoms with Gasteiger partial charge in [-0.25, -0.2) is 0 Å². The van der Waals surface area contributed by atoms with Crippen LogP contribution in [0.4, 0.5) is 0 Å². The van der Waals surface area contributed by atoms with Gasteiger partial charge in [-0.15, -0.1) is 11.8 Å². The Morgan fingerprint density at radius 3 is 1.64 bits per heavy atom. The number of esters is 6. The first-order valence-electron chi connectivity index (χ1n) is 13.2. The SMILES string of the molecule is CCO[C@H]1O[C@H](COC(C)=O)[C@@H](OC(C)=O)C[C@@H]1S[C@H]1O[C@H](COC(C)=O)[C@@H](OC(C)=O)[C@H](OC(C)=O)[C@@H]1OC(C)=O. The van der Waals surface area contributed by atoms with E-state index in [1.54, 1.807) is 6.92 Å². The van der Waals surface area contributed by atoms with Crippen molar-refractivity contribution in [2.45, 2.75) is 108 Å². The van der Waals surface area contributed by atoms with Gasteiger partial charge in [0.15, 0.2) is 24.6 Å². The number of hydrogen-bond donors (Lipinski definition) is 0. The van der Waals surface area contributed by atoms with Gasteiger partial charge in [0.05, 0.1) is 5.25 Å². The lowest BCUT2D eigenvalue weighted by molar-refractivity contribution is -0.240. The summed E-state index contributed by atoms with van der Waals surface area (Å²) >= 11 is 1.07. The summed E-state index contributed by atoms with van der Waals surface area (Å²) in [6.45, 7) is 8.39. The first kappa shape index (κ1) is 35.2. The number of carbonyl (C=O) groups excluding carboxylic acids is 6. The molecule has 238 valence electrons. The molecule has 0 radical (unpaired) electrons. The van der Waals surface area contributed by atoms with Crippen LogP contribution in [0.25, 0.3) is 0 Å². The predicted octanol–water partition coefficient (Wildman–Crippen LogP) is 0.818. The molecule has 0 spiro atoms. The highest BCUT2D eigenvalue weighted by Crippen LogP contribution is 2.41. The van der Waals surface area contributed by atoms with E-state index in [0.29, 0.717) is 0 Å². The van der Waals surface area contributed by atoms with E-state index in [2.05, 4.69) is 0 Å². The van der Waals surface area contributed by atoms with Crippen LogP contribution in [0, 0.1) is 0 Å². The van der Waals surface area contributed by atoms with Crippen LogP contribution in [0.5, 0.6) is 0 Å². The molecular formula is C26H38O15S. The maximum absolute atomic E-state index is 12.2. The highest BCUT2D eigenvalue weighted by molar-refractivity contribution is 8.00. The van der Waals surface area contributed by atoms with Crippen molar-refractivity contribution in [1.82, 2.24) is 0 Å². The smallest absolute Gasteiger partial charge is 0.303 e. The van der Waals surface area contributed by atoms with Crippen molar-refractivity contribution in [2.24, 2.45) is 0 Å². The van der Waals surface area contributed by atoms with Crippen LogP contribution in [0.1, 0.15) is 54.9 Å². The number of carbonyl (C=O) groups is 6. The van der Waals surface area contributed by atoms with Gasteiger partial charge < -0.3 is 42.6 Å². The molecule has 15 nitrogen and oxygen atoms in total. The van der Waals surface area contributed by atoms with Crippen LogP contribution < -0.4 is 0 Å². The van der Waals surface area contributed by atoms with E-state index in [1.165, 1.54) is 20.8 Å².